The molecule has 0 aromatic heterocycles. The predicted molar refractivity (Wildman–Crippen MR) is 66.2 cm³/mol. The van der Waals surface area contributed by atoms with Crippen molar-refractivity contribution in [2.75, 3.05) is 7.11 Å². The molecular formula is C14H15F2NO2. The van der Waals surface area contributed by atoms with E-state index in [1.54, 1.807) is 18.2 Å². The van der Waals surface area contributed by atoms with Crippen molar-refractivity contribution < 1.29 is 18.3 Å². The number of hydrogen-bond donors (Lipinski definition) is 0. The van der Waals surface area contributed by atoms with Gasteiger partial charge >= 0.3 is 0 Å². The van der Waals surface area contributed by atoms with E-state index in [0.717, 1.165) is 12.8 Å². The number of benzene rings is 1. The summed E-state index contributed by atoms with van der Waals surface area (Å²) in [5.41, 5.74) is -0.348. The molecule has 19 heavy (non-hydrogen) atoms. The summed E-state index contributed by atoms with van der Waals surface area (Å²) in [4.78, 5) is 14.6. The van der Waals surface area contributed by atoms with Gasteiger partial charge in [0.1, 0.15) is 11.3 Å². The maximum absolute atomic E-state index is 13.0. The number of methoxy groups -OCH3 is 1. The Kier molecular flexibility index (Phi) is 3.96. The van der Waals surface area contributed by atoms with Crippen LogP contribution in [0.25, 0.3) is 0 Å². The Morgan fingerprint density at radius 2 is 2.05 bits per heavy atom. The van der Waals surface area contributed by atoms with Gasteiger partial charge in [0.25, 0.3) is 6.43 Å². The van der Waals surface area contributed by atoms with Gasteiger partial charge in [0.2, 0.25) is 6.08 Å². The molecule has 0 radical (unpaired) electrons. The van der Waals surface area contributed by atoms with Crippen LogP contribution in [0.5, 0.6) is 5.75 Å². The first-order chi connectivity index (χ1) is 9.14. The average Bonchev–Trinajstić information content (AvgIpc) is 2.87. The third kappa shape index (κ3) is 2.38. The van der Waals surface area contributed by atoms with Gasteiger partial charge in [0.15, 0.2) is 0 Å². The molecular weight excluding hydrogens is 252 g/mol. The molecule has 2 rings (SSSR count). The molecule has 0 spiro atoms. The number of rotatable bonds is 4. The Hall–Kier alpha value is -1.74. The molecule has 1 aromatic rings. The molecule has 0 N–H and O–H groups in total. The molecule has 1 aliphatic carbocycles. The van der Waals surface area contributed by atoms with Gasteiger partial charge in [-0.2, -0.15) is 4.99 Å². The Labute approximate surface area is 110 Å². The maximum atomic E-state index is 13.0. The van der Waals surface area contributed by atoms with E-state index in [1.165, 1.54) is 13.2 Å². The Morgan fingerprint density at radius 3 is 2.58 bits per heavy atom. The highest BCUT2D eigenvalue weighted by Crippen LogP contribution is 2.47. The Morgan fingerprint density at radius 1 is 1.37 bits per heavy atom. The van der Waals surface area contributed by atoms with Crippen LogP contribution in [-0.4, -0.2) is 13.2 Å². The van der Waals surface area contributed by atoms with Gasteiger partial charge in [-0.15, -0.1) is 0 Å². The van der Waals surface area contributed by atoms with Gasteiger partial charge < -0.3 is 4.74 Å². The van der Waals surface area contributed by atoms with Crippen molar-refractivity contribution in [2.45, 2.75) is 37.6 Å². The molecule has 1 fully saturated rings. The molecule has 0 atom stereocenters. The van der Waals surface area contributed by atoms with Crippen molar-refractivity contribution in [3.8, 4) is 5.75 Å². The second-order valence-electron chi connectivity index (χ2n) is 4.67. The smallest absolute Gasteiger partial charge is 0.267 e. The van der Waals surface area contributed by atoms with E-state index in [1.807, 2.05) is 0 Å². The molecule has 5 heteroatoms. The second kappa shape index (κ2) is 5.49. The first kappa shape index (κ1) is 13.7. The largest absolute Gasteiger partial charge is 0.496 e. The van der Waals surface area contributed by atoms with E-state index in [-0.39, 0.29) is 11.3 Å². The average molecular weight is 267 g/mol. The summed E-state index contributed by atoms with van der Waals surface area (Å²) < 4.78 is 31.2. The molecule has 1 saturated carbocycles. The van der Waals surface area contributed by atoms with E-state index < -0.39 is 12.0 Å². The number of nitrogens with zero attached hydrogens (tertiary/aromatic N) is 1. The Balaban J connectivity index is 2.60. The van der Waals surface area contributed by atoms with Gasteiger partial charge in [-0.3, -0.25) is 0 Å². The van der Waals surface area contributed by atoms with Crippen LogP contribution in [0.15, 0.2) is 23.2 Å². The van der Waals surface area contributed by atoms with Crippen LogP contribution in [0.1, 0.15) is 43.2 Å². The third-order valence-corrected chi connectivity index (χ3v) is 3.68. The molecule has 102 valence electrons. The topological polar surface area (TPSA) is 38.7 Å². The first-order valence-corrected chi connectivity index (χ1v) is 6.19. The molecule has 0 saturated heterocycles. The molecule has 0 aliphatic heterocycles. The highest BCUT2D eigenvalue weighted by atomic mass is 19.3. The fraction of sp³-hybridized carbons (Fsp3) is 0.500. The van der Waals surface area contributed by atoms with Crippen molar-refractivity contribution in [1.82, 2.24) is 0 Å². The summed E-state index contributed by atoms with van der Waals surface area (Å²) in [7, 11) is 1.36. The zero-order chi connectivity index (χ0) is 13.9. The summed E-state index contributed by atoms with van der Waals surface area (Å²) in [6.07, 6.45) is 2.10. The molecule has 0 unspecified atom stereocenters. The van der Waals surface area contributed by atoms with Crippen molar-refractivity contribution in [3.05, 3.63) is 29.3 Å². The van der Waals surface area contributed by atoms with Gasteiger partial charge in [-0.05, 0) is 18.9 Å². The lowest BCUT2D eigenvalue weighted by atomic mass is 9.87. The molecule has 0 heterocycles. The van der Waals surface area contributed by atoms with Crippen molar-refractivity contribution in [2.24, 2.45) is 4.99 Å². The lowest BCUT2D eigenvalue weighted by molar-refractivity contribution is 0.146. The SMILES string of the molecule is COc1c(C(F)F)cccc1C1(N=C=O)CCCC1. The number of ether oxygens (including phenoxy) is 1. The third-order valence-electron chi connectivity index (χ3n) is 3.68. The van der Waals surface area contributed by atoms with Crippen molar-refractivity contribution in [1.29, 1.82) is 0 Å². The summed E-state index contributed by atoms with van der Waals surface area (Å²) in [5, 5.41) is 0. The van der Waals surface area contributed by atoms with Crippen molar-refractivity contribution in [3.63, 3.8) is 0 Å². The van der Waals surface area contributed by atoms with Crippen LogP contribution in [0, 0.1) is 0 Å². The lowest BCUT2D eigenvalue weighted by Gasteiger charge is -2.26. The lowest BCUT2D eigenvalue weighted by Crippen LogP contribution is -2.20. The minimum Gasteiger partial charge on any atom is -0.496 e. The highest BCUT2D eigenvalue weighted by Gasteiger charge is 2.39. The Bertz CT molecular complexity index is 504. The first-order valence-electron chi connectivity index (χ1n) is 6.19. The van der Waals surface area contributed by atoms with Crippen LogP contribution < -0.4 is 4.74 Å². The molecule has 1 aromatic carbocycles. The van der Waals surface area contributed by atoms with E-state index in [9.17, 15) is 13.6 Å². The fourth-order valence-electron chi connectivity index (χ4n) is 2.81. The van der Waals surface area contributed by atoms with Crippen LogP contribution in [0.4, 0.5) is 8.78 Å². The quantitative estimate of drug-likeness (QED) is 0.615. The molecule has 3 nitrogen and oxygen atoms in total. The van der Waals surface area contributed by atoms with Crippen LogP contribution >= 0.6 is 0 Å². The number of alkyl halides is 2. The van der Waals surface area contributed by atoms with E-state index >= 15 is 0 Å². The van der Waals surface area contributed by atoms with Crippen LogP contribution in [-0.2, 0) is 10.3 Å². The number of para-hydroxylation sites is 1. The fourth-order valence-corrected chi connectivity index (χ4v) is 2.81. The number of aliphatic imine (C=N–C) groups is 1. The number of isocyanates is 1. The standard InChI is InChI=1S/C14H15F2NO2/c1-19-12-10(13(15)16)5-4-6-11(12)14(17-9-18)7-2-3-8-14/h4-6,13H,2-3,7-8H2,1H3. The minimum absolute atomic E-state index is 0.137. The van der Waals surface area contributed by atoms with Gasteiger partial charge in [-0.25, -0.2) is 13.6 Å². The van der Waals surface area contributed by atoms with Crippen molar-refractivity contribution >= 4 is 6.08 Å². The zero-order valence-corrected chi connectivity index (χ0v) is 10.7. The minimum atomic E-state index is -2.62. The van der Waals surface area contributed by atoms with Crippen LogP contribution in [0.3, 0.4) is 0 Å². The molecule has 1 aliphatic rings. The molecule has 0 bridgehead atoms. The highest BCUT2D eigenvalue weighted by molar-refractivity contribution is 5.49. The van der Waals surface area contributed by atoms with Gasteiger partial charge in [0.05, 0.1) is 12.7 Å². The summed E-state index contributed by atoms with van der Waals surface area (Å²) in [5.74, 6) is 0.137. The number of hydrogen-bond acceptors (Lipinski definition) is 3. The summed E-state index contributed by atoms with van der Waals surface area (Å²) in [6.45, 7) is 0. The van der Waals surface area contributed by atoms with Gasteiger partial charge in [-0.1, -0.05) is 25.0 Å². The predicted octanol–water partition coefficient (Wildman–Crippen LogP) is 3.74. The number of halogens is 2. The summed E-state index contributed by atoms with van der Waals surface area (Å²) >= 11 is 0. The van der Waals surface area contributed by atoms with E-state index in [4.69, 9.17) is 4.74 Å². The van der Waals surface area contributed by atoms with Gasteiger partial charge in [0, 0.05) is 5.56 Å². The normalized spacial score (nSPS) is 17.3. The second-order valence-corrected chi connectivity index (χ2v) is 4.67. The molecule has 0 amide bonds. The number of carbonyl (C=O) groups excluding carboxylic acids is 1. The zero-order valence-electron chi connectivity index (χ0n) is 10.7. The van der Waals surface area contributed by atoms with E-state index in [2.05, 4.69) is 4.99 Å². The monoisotopic (exact) mass is 267 g/mol. The maximum Gasteiger partial charge on any atom is 0.267 e. The van der Waals surface area contributed by atoms with Crippen LogP contribution in [0.2, 0.25) is 0 Å². The van der Waals surface area contributed by atoms with E-state index in [0.29, 0.717) is 18.4 Å². The summed E-state index contributed by atoms with van der Waals surface area (Å²) in [6, 6.07) is 4.59.